The van der Waals surface area contributed by atoms with Gasteiger partial charge in [-0.1, -0.05) is 27.7 Å². The summed E-state index contributed by atoms with van der Waals surface area (Å²) in [6.07, 6.45) is 12.6. The summed E-state index contributed by atoms with van der Waals surface area (Å²) >= 11 is 0. The molecule has 0 aromatic heterocycles. The van der Waals surface area contributed by atoms with Gasteiger partial charge in [-0.25, -0.2) is 0 Å². The van der Waals surface area contributed by atoms with Crippen LogP contribution in [-0.2, 0) is 19.0 Å². The van der Waals surface area contributed by atoms with E-state index < -0.39 is 0 Å². The van der Waals surface area contributed by atoms with Gasteiger partial charge >= 0.3 is 5.97 Å². The van der Waals surface area contributed by atoms with E-state index >= 15 is 0 Å². The molecule has 2 N–H and O–H groups in total. The van der Waals surface area contributed by atoms with E-state index in [4.69, 9.17) is 19.9 Å². The fraction of sp³-hybridized carbons (Fsp3) is 0.966. The van der Waals surface area contributed by atoms with Gasteiger partial charge in [-0.15, -0.1) is 0 Å². The van der Waals surface area contributed by atoms with Gasteiger partial charge in [-0.3, -0.25) is 4.79 Å². The zero-order valence-corrected chi connectivity index (χ0v) is 21.9. The molecule has 0 bridgehead atoms. The SMILES string of the molecule is C[C@@H]1CC[C@@]2(OC1)OC1CC3C4CCC5C[C@@H](OC(=O)CN)CC[C@]5(C)C4CC[C@]3(C)C1[C@@H]2C. The third kappa shape index (κ3) is 3.31. The molecule has 6 fully saturated rings. The molecule has 2 saturated heterocycles. The van der Waals surface area contributed by atoms with Crippen LogP contribution in [0.25, 0.3) is 0 Å². The summed E-state index contributed by atoms with van der Waals surface area (Å²) < 4.78 is 19.1. The van der Waals surface area contributed by atoms with Crippen molar-refractivity contribution in [3.05, 3.63) is 0 Å². The lowest BCUT2D eigenvalue weighted by Crippen LogP contribution is -2.55. The van der Waals surface area contributed by atoms with Crippen molar-refractivity contribution in [2.75, 3.05) is 13.2 Å². The average Bonchev–Trinajstić information content (AvgIpc) is 3.26. The van der Waals surface area contributed by atoms with Crippen molar-refractivity contribution < 1.29 is 19.0 Å². The lowest BCUT2D eigenvalue weighted by Gasteiger charge is -2.61. The Balaban J connectivity index is 1.19. The van der Waals surface area contributed by atoms with Crippen LogP contribution in [0.1, 0.15) is 91.9 Å². The first-order valence-electron chi connectivity index (χ1n) is 14.4. The Hall–Kier alpha value is -0.650. The van der Waals surface area contributed by atoms with E-state index in [1.165, 1.54) is 44.9 Å². The maximum atomic E-state index is 11.8. The van der Waals surface area contributed by atoms with Crippen molar-refractivity contribution >= 4 is 5.97 Å². The summed E-state index contributed by atoms with van der Waals surface area (Å²) in [5.74, 6) is 4.35. The first-order valence-corrected chi connectivity index (χ1v) is 14.4. The van der Waals surface area contributed by atoms with Crippen LogP contribution in [0.4, 0.5) is 0 Å². The van der Waals surface area contributed by atoms with E-state index in [0.29, 0.717) is 40.6 Å². The van der Waals surface area contributed by atoms with Crippen molar-refractivity contribution in [1.29, 1.82) is 0 Å². The van der Waals surface area contributed by atoms with Crippen molar-refractivity contribution in [3.63, 3.8) is 0 Å². The van der Waals surface area contributed by atoms with Gasteiger partial charge in [0.2, 0.25) is 0 Å². The zero-order chi connectivity index (χ0) is 23.9. The second kappa shape index (κ2) is 8.18. The quantitative estimate of drug-likeness (QED) is 0.551. The highest BCUT2D eigenvalue weighted by Crippen LogP contribution is 2.71. The van der Waals surface area contributed by atoms with Gasteiger partial charge in [0.1, 0.15) is 6.10 Å². The Bertz CT molecular complexity index is 808. The first-order chi connectivity index (χ1) is 16.2. The maximum absolute atomic E-state index is 11.8. The van der Waals surface area contributed by atoms with E-state index in [0.717, 1.165) is 43.6 Å². The van der Waals surface area contributed by atoms with Gasteiger partial charge in [-0.05, 0) is 104 Å². The maximum Gasteiger partial charge on any atom is 0.319 e. The van der Waals surface area contributed by atoms with Gasteiger partial charge in [0.05, 0.1) is 19.3 Å². The van der Waals surface area contributed by atoms with Gasteiger partial charge in [0, 0.05) is 12.3 Å². The van der Waals surface area contributed by atoms with Crippen molar-refractivity contribution in [1.82, 2.24) is 0 Å². The highest BCUT2D eigenvalue weighted by Gasteiger charge is 2.69. The molecule has 4 saturated carbocycles. The van der Waals surface area contributed by atoms with Crippen LogP contribution in [0.5, 0.6) is 0 Å². The van der Waals surface area contributed by atoms with E-state index in [2.05, 4.69) is 27.7 Å². The number of esters is 1. The molecule has 1 spiro atoms. The fourth-order valence-corrected chi connectivity index (χ4v) is 10.6. The van der Waals surface area contributed by atoms with Crippen LogP contribution in [0, 0.1) is 52.3 Å². The predicted molar refractivity (Wildman–Crippen MR) is 131 cm³/mol. The molecule has 192 valence electrons. The van der Waals surface area contributed by atoms with Crippen LogP contribution in [0.3, 0.4) is 0 Å². The molecule has 6 rings (SSSR count). The number of hydrogen-bond acceptors (Lipinski definition) is 5. The van der Waals surface area contributed by atoms with Crippen LogP contribution < -0.4 is 5.73 Å². The fourth-order valence-electron chi connectivity index (χ4n) is 10.6. The highest BCUT2D eigenvalue weighted by molar-refractivity contribution is 5.71. The molecule has 34 heavy (non-hydrogen) atoms. The van der Waals surface area contributed by atoms with E-state index in [1.54, 1.807) is 0 Å². The molecule has 12 atom stereocenters. The molecule has 4 aliphatic carbocycles. The lowest BCUT2D eigenvalue weighted by atomic mass is 9.44. The largest absolute Gasteiger partial charge is 0.461 e. The molecule has 6 aliphatic rings. The molecule has 2 aliphatic heterocycles. The summed E-state index contributed by atoms with van der Waals surface area (Å²) in [7, 11) is 0. The predicted octanol–water partition coefficient (Wildman–Crippen LogP) is 5.30. The molecule has 0 aromatic carbocycles. The Morgan fingerprint density at radius 1 is 0.971 bits per heavy atom. The van der Waals surface area contributed by atoms with Crippen molar-refractivity contribution in [2.45, 2.75) is 110 Å². The first kappa shape index (κ1) is 23.7. The molecule has 0 amide bonds. The second-order valence-electron chi connectivity index (χ2n) is 13.8. The van der Waals surface area contributed by atoms with E-state index in [9.17, 15) is 4.79 Å². The molecule has 6 unspecified atom stereocenters. The molecule has 5 heteroatoms. The summed E-state index contributed by atoms with van der Waals surface area (Å²) in [4.78, 5) is 11.8. The van der Waals surface area contributed by atoms with Crippen molar-refractivity contribution in [2.24, 2.45) is 58.0 Å². The number of carbonyl (C=O) groups is 1. The highest BCUT2D eigenvalue weighted by atomic mass is 16.7. The smallest absolute Gasteiger partial charge is 0.319 e. The molecular weight excluding hydrogens is 426 g/mol. The minimum Gasteiger partial charge on any atom is -0.461 e. The van der Waals surface area contributed by atoms with E-state index in [-0.39, 0.29) is 24.4 Å². The topological polar surface area (TPSA) is 70.8 Å². The number of rotatable bonds is 2. The van der Waals surface area contributed by atoms with E-state index in [1.807, 2.05) is 0 Å². The lowest BCUT2D eigenvalue weighted by molar-refractivity contribution is -0.273. The van der Waals surface area contributed by atoms with Crippen LogP contribution in [-0.4, -0.2) is 37.1 Å². The normalized spacial score (nSPS) is 56.3. The average molecular weight is 474 g/mol. The number of hydrogen-bond donors (Lipinski definition) is 1. The summed E-state index contributed by atoms with van der Waals surface area (Å²) in [6, 6.07) is 0. The minimum absolute atomic E-state index is 0.00241. The minimum atomic E-state index is -0.310. The van der Waals surface area contributed by atoms with Gasteiger partial charge < -0.3 is 19.9 Å². The zero-order valence-electron chi connectivity index (χ0n) is 21.9. The van der Waals surface area contributed by atoms with Gasteiger partial charge in [0.25, 0.3) is 0 Å². The monoisotopic (exact) mass is 473 g/mol. The molecule has 5 nitrogen and oxygen atoms in total. The number of fused-ring (bicyclic) bond motifs is 7. The number of nitrogens with two attached hydrogens (primary N) is 1. The molecule has 0 radical (unpaired) electrons. The number of ether oxygens (including phenoxy) is 3. The third-order valence-electron chi connectivity index (χ3n) is 12.3. The van der Waals surface area contributed by atoms with Crippen molar-refractivity contribution in [3.8, 4) is 0 Å². The standard InChI is InChI=1S/C29H47NO4/c1-17-7-12-29(32-16-17)18(2)26-24(34-29)14-23-21-6-5-19-13-20(33-25(31)15-30)8-10-27(19,3)22(21)9-11-28(23,26)4/h17-24,26H,5-16,30H2,1-4H3/t17-,18+,19?,20+,21?,22?,23?,24?,26?,27+,28+,29-/m1/s1. The molecular formula is C29H47NO4. The third-order valence-corrected chi connectivity index (χ3v) is 12.3. The summed E-state index contributed by atoms with van der Waals surface area (Å²) in [5, 5.41) is 0. The van der Waals surface area contributed by atoms with Crippen LogP contribution >= 0.6 is 0 Å². The Kier molecular flexibility index (Phi) is 5.71. The van der Waals surface area contributed by atoms with Crippen LogP contribution in [0.15, 0.2) is 0 Å². The Morgan fingerprint density at radius 2 is 1.76 bits per heavy atom. The molecule has 0 aromatic rings. The van der Waals surface area contributed by atoms with Crippen LogP contribution in [0.2, 0.25) is 0 Å². The molecule has 2 heterocycles. The van der Waals surface area contributed by atoms with Gasteiger partial charge in [0.15, 0.2) is 5.79 Å². The summed E-state index contributed by atoms with van der Waals surface area (Å²) in [5.41, 5.74) is 6.28. The Morgan fingerprint density at radius 3 is 2.50 bits per heavy atom. The number of carbonyl (C=O) groups excluding carboxylic acids is 1. The summed E-state index contributed by atoms with van der Waals surface area (Å²) in [6.45, 7) is 10.8. The second-order valence-corrected chi connectivity index (χ2v) is 13.8. The Labute approximate surface area is 206 Å². The van der Waals surface area contributed by atoms with Gasteiger partial charge in [-0.2, -0.15) is 0 Å².